The molecule has 3 heterocycles. The number of aromatic nitrogens is 3. The highest BCUT2D eigenvalue weighted by molar-refractivity contribution is 6.00. The summed E-state index contributed by atoms with van der Waals surface area (Å²) in [5, 5.41) is 10.8. The van der Waals surface area contributed by atoms with Gasteiger partial charge in [0.25, 0.3) is 0 Å². The highest BCUT2D eigenvalue weighted by atomic mass is 16.5. The van der Waals surface area contributed by atoms with Gasteiger partial charge in [0.05, 0.1) is 70.9 Å². The molecule has 9 aromatic rings. The van der Waals surface area contributed by atoms with Crippen LogP contribution in [0.1, 0.15) is 38.9 Å². The van der Waals surface area contributed by atoms with Crippen LogP contribution in [0.5, 0.6) is 34.5 Å². The minimum Gasteiger partial charge on any atom is -0.497 e. The van der Waals surface area contributed by atoms with Crippen LogP contribution in [0.2, 0.25) is 0 Å². The first-order valence-electron chi connectivity index (χ1n) is 22.1. The maximum atomic E-state index is 8.71. The van der Waals surface area contributed by atoms with Crippen molar-refractivity contribution < 1.29 is 28.4 Å². The zero-order chi connectivity index (χ0) is 49.3. The summed E-state index contributed by atoms with van der Waals surface area (Å²) in [5.41, 5.74) is 9.02. The minimum atomic E-state index is 0.677. The molecule has 0 spiro atoms. The summed E-state index contributed by atoms with van der Waals surface area (Å²) < 4.78 is 31.7. The Morgan fingerprint density at radius 3 is 1.13 bits per heavy atom. The second kappa shape index (κ2) is 26.8. The monoisotopic (exact) mass is 926 g/mol. The molecule has 70 heavy (non-hydrogen) atoms. The molecule has 0 aliphatic carbocycles. The van der Waals surface area contributed by atoms with Gasteiger partial charge < -0.3 is 28.4 Å². The Bertz CT molecular complexity index is 3070. The smallest absolute Gasteiger partial charge is 0.137 e. The Morgan fingerprint density at radius 2 is 0.757 bits per heavy atom. The van der Waals surface area contributed by atoms with E-state index in [2.05, 4.69) is 33.2 Å². The molecule has 9 rings (SSSR count). The zero-order valence-corrected chi connectivity index (χ0v) is 40.0. The lowest BCUT2D eigenvalue weighted by atomic mass is 10.1. The summed E-state index contributed by atoms with van der Waals surface area (Å²) in [7, 11) is 9.88. The van der Waals surface area contributed by atoms with Gasteiger partial charge in [0.15, 0.2) is 0 Å². The summed E-state index contributed by atoms with van der Waals surface area (Å²) in [6.07, 6.45) is 19.2. The molecule has 0 N–H and O–H groups in total. The van der Waals surface area contributed by atoms with Crippen LogP contribution < -0.4 is 28.4 Å². The maximum absolute atomic E-state index is 8.71. The number of pyridine rings is 3. The van der Waals surface area contributed by atoms with Crippen molar-refractivity contribution in [3.8, 4) is 40.6 Å². The minimum absolute atomic E-state index is 0.677. The fourth-order valence-corrected chi connectivity index (χ4v) is 6.83. The van der Waals surface area contributed by atoms with Crippen LogP contribution in [0, 0.1) is 11.3 Å². The third-order valence-electron chi connectivity index (χ3n) is 10.6. The number of rotatable bonds is 12. The average molecular weight is 927 g/mol. The van der Waals surface area contributed by atoms with E-state index in [1.54, 1.807) is 67.4 Å². The third kappa shape index (κ3) is 14.6. The van der Waals surface area contributed by atoms with Crippen molar-refractivity contribution in [3.63, 3.8) is 0 Å². The molecule has 3 aromatic heterocycles. The summed E-state index contributed by atoms with van der Waals surface area (Å²) in [6, 6.07) is 52.9. The van der Waals surface area contributed by atoms with E-state index in [0.717, 1.165) is 72.4 Å². The Balaban J connectivity index is 0.000000154. The molecular weight excluding hydrogens is 873 g/mol. The molecule has 0 unspecified atom stereocenters. The largest absolute Gasteiger partial charge is 0.497 e. The van der Waals surface area contributed by atoms with E-state index in [9.17, 15) is 0 Å². The van der Waals surface area contributed by atoms with Crippen molar-refractivity contribution in [2.24, 2.45) is 0 Å². The molecular formula is C60H54N4O6. The Hall–Kier alpha value is -9.20. The summed E-state index contributed by atoms with van der Waals surface area (Å²) in [4.78, 5) is 12.6. The zero-order valence-electron chi connectivity index (χ0n) is 40.0. The molecule has 0 saturated carbocycles. The number of ether oxygens (including phenoxy) is 6. The number of para-hydroxylation sites is 2. The fourth-order valence-electron chi connectivity index (χ4n) is 6.83. The lowest BCUT2D eigenvalue weighted by molar-refractivity contribution is 0.374. The summed E-state index contributed by atoms with van der Waals surface area (Å²) in [5.74, 6) is 4.73. The Kier molecular flexibility index (Phi) is 19.2. The van der Waals surface area contributed by atoms with Crippen LogP contribution in [0.15, 0.2) is 183 Å². The highest BCUT2D eigenvalue weighted by Crippen LogP contribution is 2.36. The van der Waals surface area contributed by atoms with Gasteiger partial charge in [0, 0.05) is 47.7 Å². The maximum Gasteiger partial charge on any atom is 0.137 e. The Labute approximate surface area is 410 Å². The number of methoxy groups -OCH3 is 6. The molecule has 0 bridgehead atoms. The SMILES string of the molecule is COc1c2ccccc2nc2ccccc12.COc1cc(OC)c(/C=C/c2ccncc2)c(OC)c1.COc1ccc(/C=C/c2ccc(C#N)cc2)cc1.COc1ccc(/C=C/c2ccncc2)cc1. The number of benzene rings is 6. The summed E-state index contributed by atoms with van der Waals surface area (Å²) >= 11 is 0. The van der Waals surface area contributed by atoms with Crippen LogP contribution in [0.4, 0.5) is 0 Å². The standard InChI is InChI=1S/C16H17NO3.C16H13NO.C14H11NO.C14H13NO/c1-18-13-10-15(19-2)14(16(11-13)20-3)5-4-12-6-8-17-9-7-12;1-18-16-10-8-14(9-11-16)3-2-13-4-6-15(12-17)7-5-13;1-16-14-10-6-2-4-8-12(10)15-13-9-5-3-7-11(13)14;1-16-14-6-4-12(5-7-14)2-3-13-8-10-15-11-9-13/h4-11H,1-3H3;2-11H,1H3;2-9H,1H3;2-11H,1H3/b5-4+;3-2+;;3-2+. The average Bonchev–Trinajstić information content (AvgIpc) is 3.44. The first kappa shape index (κ1) is 50.2. The van der Waals surface area contributed by atoms with E-state index < -0.39 is 0 Å². The van der Waals surface area contributed by atoms with Gasteiger partial charge in [0.1, 0.15) is 34.5 Å². The van der Waals surface area contributed by atoms with Crippen LogP contribution in [0.25, 0.3) is 58.3 Å². The molecule has 0 saturated heterocycles. The number of nitrogens with zero attached hydrogens (tertiary/aromatic N) is 4. The molecule has 0 amide bonds. The van der Waals surface area contributed by atoms with Crippen molar-refractivity contribution >= 4 is 58.3 Å². The first-order valence-corrected chi connectivity index (χ1v) is 22.1. The number of hydrogen-bond acceptors (Lipinski definition) is 10. The van der Waals surface area contributed by atoms with E-state index in [4.69, 9.17) is 33.7 Å². The van der Waals surface area contributed by atoms with Crippen molar-refractivity contribution in [1.82, 2.24) is 15.0 Å². The predicted molar refractivity (Wildman–Crippen MR) is 284 cm³/mol. The molecule has 0 aliphatic heterocycles. The van der Waals surface area contributed by atoms with Gasteiger partial charge in [-0.3, -0.25) is 9.97 Å². The Morgan fingerprint density at radius 1 is 0.386 bits per heavy atom. The van der Waals surface area contributed by atoms with Gasteiger partial charge in [-0.25, -0.2) is 4.98 Å². The van der Waals surface area contributed by atoms with Gasteiger partial charge in [-0.2, -0.15) is 5.26 Å². The highest BCUT2D eigenvalue weighted by Gasteiger charge is 2.11. The number of hydrogen-bond donors (Lipinski definition) is 0. The number of nitriles is 1. The van der Waals surface area contributed by atoms with Gasteiger partial charge in [-0.15, -0.1) is 0 Å². The van der Waals surface area contributed by atoms with E-state index in [1.807, 2.05) is 182 Å². The molecule has 10 heteroatoms. The quantitative estimate of drug-likeness (QED) is 0.0865. The lowest BCUT2D eigenvalue weighted by Crippen LogP contribution is -1.94. The fraction of sp³-hybridized carbons (Fsp3) is 0.100. The van der Waals surface area contributed by atoms with Crippen LogP contribution >= 0.6 is 0 Å². The summed E-state index contributed by atoms with van der Waals surface area (Å²) in [6.45, 7) is 0. The van der Waals surface area contributed by atoms with Crippen molar-refractivity contribution in [1.29, 1.82) is 5.26 Å². The van der Waals surface area contributed by atoms with E-state index in [0.29, 0.717) is 22.8 Å². The third-order valence-corrected chi connectivity index (χ3v) is 10.6. The van der Waals surface area contributed by atoms with Crippen LogP contribution in [-0.4, -0.2) is 57.6 Å². The molecule has 0 fully saturated rings. The first-order chi connectivity index (χ1) is 34.4. The molecule has 0 radical (unpaired) electrons. The second-order valence-electron chi connectivity index (χ2n) is 15.0. The molecule has 0 aliphatic rings. The van der Waals surface area contributed by atoms with Gasteiger partial charge in [-0.1, -0.05) is 91.0 Å². The van der Waals surface area contributed by atoms with Crippen LogP contribution in [0.3, 0.4) is 0 Å². The van der Waals surface area contributed by atoms with Crippen LogP contribution in [-0.2, 0) is 0 Å². The molecule has 0 atom stereocenters. The van der Waals surface area contributed by atoms with Crippen molar-refractivity contribution in [2.75, 3.05) is 42.7 Å². The van der Waals surface area contributed by atoms with Crippen molar-refractivity contribution in [2.45, 2.75) is 0 Å². The lowest BCUT2D eigenvalue weighted by Gasteiger charge is -2.12. The predicted octanol–water partition coefficient (Wildman–Crippen LogP) is 13.7. The number of fused-ring (bicyclic) bond motifs is 2. The topological polar surface area (TPSA) is 118 Å². The molecule has 10 nitrogen and oxygen atoms in total. The molecule has 6 aromatic carbocycles. The van der Waals surface area contributed by atoms with Crippen molar-refractivity contribution in [3.05, 3.63) is 221 Å². The normalized spacial score (nSPS) is 10.5. The van der Waals surface area contributed by atoms with Gasteiger partial charge in [0.2, 0.25) is 0 Å². The van der Waals surface area contributed by atoms with E-state index in [1.165, 1.54) is 0 Å². The van der Waals surface area contributed by atoms with E-state index in [-0.39, 0.29) is 0 Å². The molecule has 350 valence electrons. The van der Waals surface area contributed by atoms with Gasteiger partial charge >= 0.3 is 0 Å². The second-order valence-corrected chi connectivity index (χ2v) is 15.0. The van der Waals surface area contributed by atoms with Gasteiger partial charge in [-0.05, 0) is 119 Å². The van der Waals surface area contributed by atoms with E-state index >= 15 is 0 Å².